The predicted octanol–water partition coefficient (Wildman–Crippen LogP) is 5.11. The number of aryl methyl sites for hydroxylation is 2. The number of benzene rings is 2. The van der Waals surface area contributed by atoms with Crippen molar-refractivity contribution in [2.45, 2.75) is 20.5 Å². The topological polar surface area (TPSA) is 22.1 Å². The lowest BCUT2D eigenvalue weighted by Gasteiger charge is -2.15. The zero-order valence-electron chi connectivity index (χ0n) is 12.1. The maximum absolute atomic E-state index is 13.6. The normalized spacial score (nSPS) is 10.8. The van der Waals surface area contributed by atoms with E-state index in [1.807, 2.05) is 62.4 Å². The summed E-state index contributed by atoms with van der Waals surface area (Å²) in [5.74, 6) is 1.20. The van der Waals surface area contributed by atoms with E-state index in [4.69, 9.17) is 4.74 Å². The molecule has 0 saturated carbocycles. The Hall–Kier alpha value is -2.42. The van der Waals surface area contributed by atoms with Gasteiger partial charge in [-0.05, 0) is 31.5 Å². The molecule has 0 fully saturated rings. The van der Waals surface area contributed by atoms with Gasteiger partial charge in [0, 0.05) is 10.9 Å². The van der Waals surface area contributed by atoms with Gasteiger partial charge in [0.15, 0.2) is 5.75 Å². The summed E-state index contributed by atoms with van der Waals surface area (Å²) in [5, 5.41) is 0.814. The highest BCUT2D eigenvalue weighted by Gasteiger charge is 2.15. The third-order valence-electron chi connectivity index (χ3n) is 3.54. The second-order valence-electron chi connectivity index (χ2n) is 5.02. The second-order valence-corrected chi connectivity index (χ2v) is 5.02. The van der Waals surface area contributed by atoms with E-state index in [1.54, 1.807) is 0 Å². The van der Waals surface area contributed by atoms with E-state index in [2.05, 4.69) is 4.98 Å². The van der Waals surface area contributed by atoms with Crippen LogP contribution in [-0.4, -0.2) is 4.98 Å². The monoisotopic (exact) mass is 281 g/mol. The molecule has 0 atom stereocenters. The quantitative estimate of drug-likeness (QED) is 0.665. The van der Waals surface area contributed by atoms with Crippen molar-refractivity contribution in [3.63, 3.8) is 0 Å². The Balaban J connectivity index is 2.20. The fraction of sp³-hybridized carbons (Fsp3) is 0.167. The smallest absolute Gasteiger partial charge is 0.155 e. The molecule has 0 bridgehead atoms. The molecule has 1 heterocycles. The highest BCUT2D eigenvalue weighted by Crippen LogP contribution is 2.34. The second kappa shape index (κ2) is 5.52. The van der Waals surface area contributed by atoms with Gasteiger partial charge in [0.1, 0.15) is 12.4 Å². The summed E-state index contributed by atoms with van der Waals surface area (Å²) in [6.07, 6.45) is 0. The number of hydrogen-bond acceptors (Lipinski definition) is 2. The molecule has 0 radical (unpaired) electrons. The van der Waals surface area contributed by atoms with Gasteiger partial charge in [0.2, 0.25) is 0 Å². The number of fused-ring (bicyclic) bond motifs is 1. The van der Waals surface area contributed by atoms with Crippen molar-refractivity contribution in [2.24, 2.45) is 0 Å². The summed E-state index contributed by atoms with van der Waals surface area (Å²) in [6, 6.07) is 15.2. The van der Waals surface area contributed by atoms with E-state index in [1.165, 1.54) is 0 Å². The van der Waals surface area contributed by atoms with Crippen LogP contribution < -0.4 is 4.74 Å². The summed E-state index contributed by atoms with van der Waals surface area (Å²) < 4.78 is 19.5. The number of hydrogen-bond donors (Lipinski definition) is 0. The van der Waals surface area contributed by atoms with E-state index in [0.717, 1.165) is 16.5 Å². The van der Waals surface area contributed by atoms with E-state index in [-0.39, 0.29) is 0 Å². The van der Waals surface area contributed by atoms with Crippen LogP contribution in [0.4, 0.5) is 4.39 Å². The minimum Gasteiger partial charge on any atom is -0.455 e. The summed E-state index contributed by atoms with van der Waals surface area (Å²) in [4.78, 5) is 4.59. The van der Waals surface area contributed by atoms with Gasteiger partial charge in [-0.25, -0.2) is 9.37 Å². The summed E-state index contributed by atoms with van der Waals surface area (Å²) in [5.41, 5.74) is 3.14. The molecule has 0 aliphatic rings. The molecule has 2 nitrogen and oxygen atoms in total. The fourth-order valence-electron chi connectivity index (χ4n) is 2.48. The third-order valence-corrected chi connectivity index (χ3v) is 3.54. The predicted molar refractivity (Wildman–Crippen MR) is 82.5 cm³/mol. The maximum Gasteiger partial charge on any atom is 0.155 e. The van der Waals surface area contributed by atoms with Crippen LogP contribution in [-0.2, 0) is 6.67 Å². The van der Waals surface area contributed by atoms with Crippen LogP contribution in [0.25, 0.3) is 10.9 Å². The molecule has 1 aromatic heterocycles. The zero-order valence-corrected chi connectivity index (χ0v) is 12.1. The standard InChI is InChI=1S/C18H16FNO/c1-12-7-6-10-15-16(11-19)18(13(2)20-17(12)15)21-14-8-4-3-5-9-14/h3-10H,11H2,1-2H3. The van der Waals surface area contributed by atoms with E-state index >= 15 is 0 Å². The van der Waals surface area contributed by atoms with Gasteiger partial charge in [0.25, 0.3) is 0 Å². The van der Waals surface area contributed by atoms with Crippen LogP contribution in [0.3, 0.4) is 0 Å². The molecule has 0 N–H and O–H groups in total. The fourth-order valence-corrected chi connectivity index (χ4v) is 2.48. The molecular formula is C18H16FNO. The van der Waals surface area contributed by atoms with Crippen molar-refractivity contribution in [1.29, 1.82) is 0 Å². The van der Waals surface area contributed by atoms with Crippen LogP contribution in [0, 0.1) is 13.8 Å². The molecule has 0 saturated heterocycles. The Morgan fingerprint density at radius 1 is 1.00 bits per heavy atom. The Labute approximate surface area is 123 Å². The number of pyridine rings is 1. The molecule has 0 unspecified atom stereocenters. The summed E-state index contributed by atoms with van der Waals surface area (Å²) in [6.45, 7) is 3.25. The number of ether oxygens (including phenoxy) is 1. The first kappa shape index (κ1) is 13.6. The Morgan fingerprint density at radius 2 is 1.76 bits per heavy atom. The number of aromatic nitrogens is 1. The van der Waals surface area contributed by atoms with Gasteiger partial charge >= 0.3 is 0 Å². The van der Waals surface area contributed by atoms with E-state index in [0.29, 0.717) is 22.8 Å². The molecule has 106 valence electrons. The maximum atomic E-state index is 13.6. The summed E-state index contributed by atoms with van der Waals surface area (Å²) in [7, 11) is 0. The van der Waals surface area contributed by atoms with Crippen LogP contribution in [0.5, 0.6) is 11.5 Å². The first-order valence-electron chi connectivity index (χ1n) is 6.88. The molecule has 2 aromatic carbocycles. The zero-order chi connectivity index (χ0) is 14.8. The lowest BCUT2D eigenvalue weighted by atomic mass is 10.0. The largest absolute Gasteiger partial charge is 0.455 e. The van der Waals surface area contributed by atoms with Crippen molar-refractivity contribution in [1.82, 2.24) is 4.98 Å². The molecule has 3 aromatic rings. The molecule has 3 heteroatoms. The van der Waals surface area contributed by atoms with Gasteiger partial charge in [-0.1, -0.05) is 36.4 Å². The molecular weight excluding hydrogens is 265 g/mol. The molecule has 21 heavy (non-hydrogen) atoms. The summed E-state index contributed by atoms with van der Waals surface area (Å²) >= 11 is 0. The molecule has 0 spiro atoms. The average molecular weight is 281 g/mol. The molecule has 0 aliphatic heterocycles. The Kier molecular flexibility index (Phi) is 3.57. The highest BCUT2D eigenvalue weighted by molar-refractivity contribution is 5.87. The third kappa shape index (κ3) is 2.47. The van der Waals surface area contributed by atoms with Crippen LogP contribution >= 0.6 is 0 Å². The first-order chi connectivity index (χ1) is 10.2. The van der Waals surface area contributed by atoms with E-state index < -0.39 is 6.67 Å². The highest BCUT2D eigenvalue weighted by atomic mass is 19.1. The van der Waals surface area contributed by atoms with Crippen molar-refractivity contribution in [3.8, 4) is 11.5 Å². The van der Waals surface area contributed by atoms with Crippen LogP contribution in [0.2, 0.25) is 0 Å². The van der Waals surface area contributed by atoms with Crippen molar-refractivity contribution >= 4 is 10.9 Å². The average Bonchev–Trinajstić information content (AvgIpc) is 2.50. The number of para-hydroxylation sites is 2. The minimum atomic E-state index is -0.578. The lowest BCUT2D eigenvalue weighted by molar-refractivity contribution is 0.437. The van der Waals surface area contributed by atoms with E-state index in [9.17, 15) is 4.39 Å². The van der Waals surface area contributed by atoms with Gasteiger partial charge in [0.05, 0.1) is 11.2 Å². The number of alkyl halides is 1. The molecule has 0 aliphatic carbocycles. The first-order valence-corrected chi connectivity index (χ1v) is 6.88. The van der Waals surface area contributed by atoms with Gasteiger partial charge in [-0.2, -0.15) is 0 Å². The van der Waals surface area contributed by atoms with Crippen LogP contribution in [0.15, 0.2) is 48.5 Å². The van der Waals surface area contributed by atoms with Crippen molar-refractivity contribution in [2.75, 3.05) is 0 Å². The van der Waals surface area contributed by atoms with Gasteiger partial charge in [-0.3, -0.25) is 0 Å². The van der Waals surface area contributed by atoms with Crippen LogP contribution in [0.1, 0.15) is 16.8 Å². The van der Waals surface area contributed by atoms with Gasteiger partial charge in [-0.15, -0.1) is 0 Å². The number of rotatable bonds is 3. The van der Waals surface area contributed by atoms with Gasteiger partial charge < -0.3 is 4.74 Å². The Morgan fingerprint density at radius 3 is 2.48 bits per heavy atom. The number of nitrogens with zero attached hydrogens (tertiary/aromatic N) is 1. The Bertz CT molecular complexity index is 784. The lowest BCUT2D eigenvalue weighted by Crippen LogP contribution is -1.99. The SMILES string of the molecule is Cc1nc2c(C)cccc2c(CF)c1Oc1ccccc1. The molecule has 3 rings (SSSR count). The minimum absolute atomic E-state index is 0.516. The molecule has 0 amide bonds. The number of halogens is 1. The van der Waals surface area contributed by atoms with Crippen molar-refractivity contribution < 1.29 is 9.13 Å². The van der Waals surface area contributed by atoms with Crippen molar-refractivity contribution in [3.05, 3.63) is 65.4 Å².